The fraction of sp³-hybridized carbons (Fsp3) is 0.600. The first-order chi connectivity index (χ1) is 11.8. The number of amides is 1. The van der Waals surface area contributed by atoms with Crippen molar-refractivity contribution in [3.63, 3.8) is 0 Å². The van der Waals surface area contributed by atoms with Gasteiger partial charge in [-0.3, -0.25) is 9.59 Å². The summed E-state index contributed by atoms with van der Waals surface area (Å²) in [5.41, 5.74) is 2.59. The van der Waals surface area contributed by atoms with Crippen LogP contribution >= 0.6 is 0 Å². The number of hydrogen-bond donors (Lipinski definition) is 1. The number of carboxylic acids is 1. The number of carbonyl (C=O) groups is 2. The van der Waals surface area contributed by atoms with Crippen molar-refractivity contribution in [2.24, 2.45) is 5.41 Å². The van der Waals surface area contributed by atoms with Crippen LogP contribution in [0.15, 0.2) is 18.2 Å². The van der Waals surface area contributed by atoms with Gasteiger partial charge in [0.15, 0.2) is 0 Å². The third-order valence-electron chi connectivity index (χ3n) is 5.79. The molecule has 0 aromatic heterocycles. The maximum atomic E-state index is 12.9. The topological polar surface area (TPSA) is 66.8 Å². The van der Waals surface area contributed by atoms with E-state index in [1.165, 1.54) is 5.56 Å². The quantitative estimate of drug-likeness (QED) is 0.910. The zero-order valence-electron chi connectivity index (χ0n) is 15.2. The maximum Gasteiger partial charge on any atom is 0.310 e. The highest BCUT2D eigenvalue weighted by molar-refractivity contribution is 5.86. The molecule has 5 nitrogen and oxygen atoms in total. The summed E-state index contributed by atoms with van der Waals surface area (Å²) in [4.78, 5) is 26.3. The Hall–Kier alpha value is -1.88. The third-order valence-corrected chi connectivity index (χ3v) is 5.79. The third kappa shape index (κ3) is 3.43. The molecule has 2 unspecified atom stereocenters. The molecule has 2 fully saturated rings. The van der Waals surface area contributed by atoms with Crippen molar-refractivity contribution in [2.45, 2.75) is 58.6 Å². The van der Waals surface area contributed by atoms with Gasteiger partial charge >= 0.3 is 5.97 Å². The summed E-state index contributed by atoms with van der Waals surface area (Å²) < 4.78 is 6.00. The molecule has 1 aromatic rings. The van der Waals surface area contributed by atoms with Gasteiger partial charge in [-0.15, -0.1) is 0 Å². The summed E-state index contributed by atoms with van der Waals surface area (Å²) in [7, 11) is 0. The highest BCUT2D eigenvalue weighted by Crippen LogP contribution is 2.45. The smallest absolute Gasteiger partial charge is 0.310 e. The first-order valence-electron chi connectivity index (χ1n) is 9.04. The molecule has 0 bridgehead atoms. The van der Waals surface area contributed by atoms with Crippen LogP contribution in [0.1, 0.15) is 55.4 Å². The Bertz CT molecular complexity index is 680. The van der Waals surface area contributed by atoms with Gasteiger partial charge in [0.25, 0.3) is 0 Å². The Morgan fingerprint density at radius 1 is 1.32 bits per heavy atom. The van der Waals surface area contributed by atoms with Crippen LogP contribution in [-0.2, 0) is 14.3 Å². The van der Waals surface area contributed by atoms with E-state index in [1.807, 2.05) is 18.7 Å². The Balaban J connectivity index is 1.75. The number of hydrogen-bond acceptors (Lipinski definition) is 3. The second-order valence-electron chi connectivity index (χ2n) is 7.69. The summed E-state index contributed by atoms with van der Waals surface area (Å²) in [6.07, 6.45) is 2.05. The highest BCUT2D eigenvalue weighted by atomic mass is 16.5. The molecule has 1 heterocycles. The molecule has 3 rings (SSSR count). The minimum atomic E-state index is -0.843. The van der Waals surface area contributed by atoms with Crippen LogP contribution in [0.5, 0.6) is 0 Å². The summed E-state index contributed by atoms with van der Waals surface area (Å²) >= 11 is 0. The number of rotatable bonds is 4. The lowest BCUT2D eigenvalue weighted by Crippen LogP contribution is -2.51. The molecule has 2 atom stereocenters. The second kappa shape index (κ2) is 6.79. The predicted molar refractivity (Wildman–Crippen MR) is 94.3 cm³/mol. The highest BCUT2D eigenvalue weighted by Gasteiger charge is 2.47. The van der Waals surface area contributed by atoms with Gasteiger partial charge in [0.1, 0.15) is 6.10 Å². The fourth-order valence-electron chi connectivity index (χ4n) is 3.86. The van der Waals surface area contributed by atoms with Crippen LogP contribution in [0.4, 0.5) is 0 Å². The van der Waals surface area contributed by atoms with Crippen molar-refractivity contribution >= 4 is 11.9 Å². The number of aliphatic carboxylic acids is 1. The van der Waals surface area contributed by atoms with Crippen LogP contribution in [0.25, 0.3) is 0 Å². The van der Waals surface area contributed by atoms with Gasteiger partial charge in [-0.05, 0) is 44.7 Å². The summed E-state index contributed by atoms with van der Waals surface area (Å²) in [5.74, 6) is -0.896. The number of benzene rings is 1. The van der Waals surface area contributed by atoms with Gasteiger partial charge in [-0.2, -0.15) is 0 Å². The largest absolute Gasteiger partial charge is 0.481 e. The SMILES string of the molecule is Cc1ccc(C)c(C2CN(C(=O)CC3(C(=O)O)CCC3)C(C)CO2)c1. The minimum absolute atomic E-state index is 0.0280. The van der Waals surface area contributed by atoms with E-state index in [9.17, 15) is 14.7 Å². The van der Waals surface area contributed by atoms with E-state index >= 15 is 0 Å². The molecule has 1 saturated carbocycles. The van der Waals surface area contributed by atoms with Gasteiger partial charge < -0.3 is 14.7 Å². The lowest BCUT2D eigenvalue weighted by Gasteiger charge is -2.42. The molecule has 25 heavy (non-hydrogen) atoms. The van der Waals surface area contributed by atoms with Gasteiger partial charge in [-0.1, -0.05) is 30.2 Å². The first kappa shape index (κ1) is 17.9. The van der Waals surface area contributed by atoms with Gasteiger partial charge in [0.05, 0.1) is 24.6 Å². The normalized spacial score (nSPS) is 25.3. The van der Waals surface area contributed by atoms with Crippen molar-refractivity contribution < 1.29 is 19.4 Å². The molecule has 1 N–H and O–H groups in total. The molecule has 1 amide bonds. The van der Waals surface area contributed by atoms with Crippen molar-refractivity contribution in [3.05, 3.63) is 34.9 Å². The van der Waals surface area contributed by atoms with Crippen LogP contribution in [0.3, 0.4) is 0 Å². The number of aryl methyl sites for hydroxylation is 2. The van der Waals surface area contributed by atoms with Crippen molar-refractivity contribution in [2.75, 3.05) is 13.2 Å². The standard InChI is InChI=1S/C20H27NO4/c1-13-5-6-14(2)16(9-13)17-11-21(15(3)12-25-17)18(22)10-20(19(23)24)7-4-8-20/h5-6,9,15,17H,4,7-8,10-12H2,1-3H3,(H,23,24). The lowest BCUT2D eigenvalue weighted by atomic mass is 9.66. The fourth-order valence-corrected chi connectivity index (χ4v) is 3.86. The number of morpholine rings is 1. The zero-order valence-corrected chi connectivity index (χ0v) is 15.2. The zero-order chi connectivity index (χ0) is 18.2. The van der Waals surface area contributed by atoms with Crippen molar-refractivity contribution in [1.29, 1.82) is 0 Å². The number of carbonyl (C=O) groups excluding carboxylic acids is 1. The summed E-state index contributed by atoms with van der Waals surface area (Å²) in [5, 5.41) is 9.50. The average molecular weight is 345 g/mol. The van der Waals surface area contributed by atoms with E-state index in [4.69, 9.17) is 4.74 Å². The van der Waals surface area contributed by atoms with Crippen LogP contribution in [0, 0.1) is 19.3 Å². The molecule has 1 aromatic carbocycles. The minimum Gasteiger partial charge on any atom is -0.481 e. The first-order valence-corrected chi connectivity index (χ1v) is 9.04. The predicted octanol–water partition coefficient (Wildman–Crippen LogP) is 3.24. The van der Waals surface area contributed by atoms with E-state index in [0.717, 1.165) is 17.5 Å². The van der Waals surface area contributed by atoms with E-state index in [0.29, 0.717) is 26.0 Å². The van der Waals surface area contributed by atoms with Crippen LogP contribution in [-0.4, -0.2) is 41.1 Å². The van der Waals surface area contributed by atoms with E-state index in [1.54, 1.807) is 0 Å². The molecule has 1 aliphatic carbocycles. The van der Waals surface area contributed by atoms with E-state index < -0.39 is 11.4 Å². The van der Waals surface area contributed by atoms with E-state index in [-0.39, 0.29) is 24.5 Å². The summed E-state index contributed by atoms with van der Waals surface area (Å²) in [6.45, 7) is 7.02. The Labute approximate surface area is 149 Å². The average Bonchev–Trinajstić information content (AvgIpc) is 2.53. The molecule has 5 heteroatoms. The van der Waals surface area contributed by atoms with Crippen LogP contribution in [0.2, 0.25) is 0 Å². The molecule has 136 valence electrons. The Morgan fingerprint density at radius 2 is 2.04 bits per heavy atom. The molecule has 1 aliphatic heterocycles. The lowest BCUT2D eigenvalue weighted by molar-refractivity contribution is -0.163. The van der Waals surface area contributed by atoms with Gasteiger partial charge in [0, 0.05) is 6.42 Å². The second-order valence-corrected chi connectivity index (χ2v) is 7.69. The molecule has 1 saturated heterocycles. The molecule has 0 radical (unpaired) electrons. The molecule has 2 aliphatic rings. The number of carboxylic acid groups (broad SMARTS) is 1. The van der Waals surface area contributed by atoms with Gasteiger partial charge in [0.2, 0.25) is 5.91 Å². The number of nitrogens with zero attached hydrogens (tertiary/aromatic N) is 1. The van der Waals surface area contributed by atoms with Crippen molar-refractivity contribution in [1.82, 2.24) is 4.90 Å². The monoisotopic (exact) mass is 345 g/mol. The Kier molecular flexibility index (Phi) is 4.87. The summed E-state index contributed by atoms with van der Waals surface area (Å²) in [6, 6.07) is 6.23. The van der Waals surface area contributed by atoms with Gasteiger partial charge in [-0.25, -0.2) is 0 Å². The van der Waals surface area contributed by atoms with Crippen molar-refractivity contribution in [3.8, 4) is 0 Å². The maximum absolute atomic E-state index is 12.9. The van der Waals surface area contributed by atoms with Crippen LogP contribution < -0.4 is 0 Å². The van der Waals surface area contributed by atoms with E-state index in [2.05, 4.69) is 25.1 Å². The Morgan fingerprint density at radius 3 is 2.64 bits per heavy atom. The molecule has 0 spiro atoms. The molecular formula is C20H27NO4. The number of ether oxygens (including phenoxy) is 1. The molecular weight excluding hydrogens is 318 g/mol.